The summed E-state index contributed by atoms with van der Waals surface area (Å²) in [6.45, 7) is 11.5. The Labute approximate surface area is 128 Å². The first-order valence-corrected chi connectivity index (χ1v) is 8.01. The first-order valence-electron chi connectivity index (χ1n) is 8.01. The summed E-state index contributed by atoms with van der Waals surface area (Å²) in [7, 11) is 2.15. The number of hydrazine groups is 1. The van der Waals surface area contributed by atoms with E-state index >= 15 is 0 Å². The number of rotatable bonds is 2. The molecule has 0 bridgehead atoms. The number of carbonyl (C=O) groups is 1. The molecule has 1 amide bonds. The second-order valence-corrected chi connectivity index (χ2v) is 7.18. The number of likely N-dealkylation sites (N-methyl/N-ethyl adjacent to an activating group) is 1. The minimum Gasteiger partial charge on any atom is -0.444 e. The standard InChI is InChI=1S/C15H30N4O2/c1-15(2,3)21-14(20)18-7-5-6-13(12-18)16-19-10-8-17(4)9-11-19/h13,16H,5-12H2,1-4H3. The Hall–Kier alpha value is -0.850. The van der Waals surface area contributed by atoms with Gasteiger partial charge in [-0.15, -0.1) is 0 Å². The third-order valence-corrected chi connectivity index (χ3v) is 3.94. The van der Waals surface area contributed by atoms with E-state index in [-0.39, 0.29) is 6.09 Å². The molecule has 0 aromatic carbocycles. The second kappa shape index (κ2) is 6.94. The fourth-order valence-corrected chi connectivity index (χ4v) is 2.77. The van der Waals surface area contributed by atoms with Crippen LogP contribution in [-0.2, 0) is 4.74 Å². The molecule has 1 atom stereocenters. The van der Waals surface area contributed by atoms with Gasteiger partial charge in [0.25, 0.3) is 0 Å². The number of ether oxygens (including phenoxy) is 1. The van der Waals surface area contributed by atoms with Crippen molar-refractivity contribution < 1.29 is 9.53 Å². The van der Waals surface area contributed by atoms with E-state index in [4.69, 9.17) is 4.74 Å². The molecule has 6 nitrogen and oxygen atoms in total. The molecular formula is C15H30N4O2. The molecule has 0 saturated carbocycles. The highest BCUT2D eigenvalue weighted by Gasteiger charge is 2.28. The summed E-state index contributed by atoms with van der Waals surface area (Å²) in [6, 6.07) is 0.342. The number of hydrogen-bond donors (Lipinski definition) is 1. The predicted octanol–water partition coefficient (Wildman–Crippen LogP) is 1.14. The van der Waals surface area contributed by atoms with Crippen molar-refractivity contribution >= 4 is 6.09 Å². The summed E-state index contributed by atoms with van der Waals surface area (Å²) in [5.74, 6) is 0. The fraction of sp³-hybridized carbons (Fsp3) is 0.933. The number of hydrogen-bond acceptors (Lipinski definition) is 5. The minimum absolute atomic E-state index is 0.188. The molecule has 2 rings (SSSR count). The second-order valence-electron chi connectivity index (χ2n) is 7.18. The first kappa shape index (κ1) is 16.5. The van der Waals surface area contributed by atoms with E-state index in [9.17, 15) is 4.79 Å². The lowest BCUT2D eigenvalue weighted by Gasteiger charge is -2.39. The van der Waals surface area contributed by atoms with Crippen molar-refractivity contribution in [1.29, 1.82) is 0 Å². The Morgan fingerprint density at radius 3 is 2.43 bits per heavy atom. The number of piperazine rings is 1. The average molecular weight is 298 g/mol. The quantitative estimate of drug-likeness (QED) is 0.828. The monoisotopic (exact) mass is 298 g/mol. The molecule has 1 unspecified atom stereocenters. The topological polar surface area (TPSA) is 48.0 Å². The summed E-state index contributed by atoms with van der Waals surface area (Å²) in [6.07, 6.45) is 1.96. The number of nitrogens with zero attached hydrogens (tertiary/aromatic N) is 3. The highest BCUT2D eigenvalue weighted by molar-refractivity contribution is 5.68. The number of amides is 1. The summed E-state index contributed by atoms with van der Waals surface area (Å²) in [5, 5.41) is 2.29. The fourth-order valence-electron chi connectivity index (χ4n) is 2.77. The van der Waals surface area contributed by atoms with Crippen molar-refractivity contribution in [3.05, 3.63) is 0 Å². The van der Waals surface area contributed by atoms with Gasteiger partial charge in [-0.25, -0.2) is 9.80 Å². The Kier molecular flexibility index (Phi) is 5.46. The maximum Gasteiger partial charge on any atom is 0.410 e. The van der Waals surface area contributed by atoms with Gasteiger partial charge in [0.15, 0.2) is 0 Å². The summed E-state index contributed by atoms with van der Waals surface area (Å²) >= 11 is 0. The Morgan fingerprint density at radius 1 is 1.14 bits per heavy atom. The van der Waals surface area contributed by atoms with Crippen molar-refractivity contribution in [2.24, 2.45) is 0 Å². The van der Waals surface area contributed by atoms with Crippen molar-refractivity contribution in [2.75, 3.05) is 46.3 Å². The lowest BCUT2D eigenvalue weighted by atomic mass is 10.1. The molecule has 2 aliphatic heterocycles. The molecule has 2 fully saturated rings. The molecule has 0 aliphatic carbocycles. The molecule has 6 heteroatoms. The van der Waals surface area contributed by atoms with Gasteiger partial charge in [0.05, 0.1) is 0 Å². The molecule has 2 heterocycles. The molecule has 122 valence electrons. The van der Waals surface area contributed by atoms with E-state index in [1.54, 1.807) is 0 Å². The lowest BCUT2D eigenvalue weighted by Crippen LogP contribution is -2.58. The molecule has 1 N–H and O–H groups in total. The molecular weight excluding hydrogens is 268 g/mol. The normalized spacial score (nSPS) is 25.9. The van der Waals surface area contributed by atoms with Crippen LogP contribution in [0.1, 0.15) is 33.6 Å². The maximum atomic E-state index is 12.2. The summed E-state index contributed by atoms with van der Waals surface area (Å²) in [4.78, 5) is 16.3. The van der Waals surface area contributed by atoms with Gasteiger partial charge in [-0.1, -0.05) is 0 Å². The zero-order chi connectivity index (χ0) is 15.5. The number of carbonyl (C=O) groups excluding carboxylic acids is 1. The van der Waals surface area contributed by atoms with E-state index in [1.807, 2.05) is 25.7 Å². The number of nitrogens with one attached hydrogen (secondary N) is 1. The molecule has 2 saturated heterocycles. The van der Waals surface area contributed by atoms with Crippen LogP contribution in [0.4, 0.5) is 4.79 Å². The maximum absolute atomic E-state index is 12.2. The van der Waals surface area contributed by atoms with Gasteiger partial charge < -0.3 is 14.5 Å². The number of likely N-dealkylation sites (tertiary alicyclic amines) is 1. The van der Waals surface area contributed by atoms with Gasteiger partial charge in [0.2, 0.25) is 0 Å². The van der Waals surface area contributed by atoms with Crippen molar-refractivity contribution in [3.63, 3.8) is 0 Å². The smallest absolute Gasteiger partial charge is 0.410 e. The molecule has 0 aromatic heterocycles. The van der Waals surface area contributed by atoms with Crippen LogP contribution in [-0.4, -0.2) is 78.9 Å². The van der Waals surface area contributed by atoms with Gasteiger partial charge in [-0.05, 0) is 40.7 Å². The SMILES string of the molecule is CN1CCN(NC2CCCN(C(=O)OC(C)(C)C)C2)CC1. The number of piperidine rings is 1. The van der Waals surface area contributed by atoms with Crippen LogP contribution in [0.15, 0.2) is 0 Å². The van der Waals surface area contributed by atoms with Gasteiger partial charge in [-0.3, -0.25) is 5.43 Å². The Morgan fingerprint density at radius 2 is 1.81 bits per heavy atom. The highest BCUT2D eigenvalue weighted by atomic mass is 16.6. The summed E-state index contributed by atoms with van der Waals surface area (Å²) < 4.78 is 5.47. The van der Waals surface area contributed by atoms with Crippen molar-refractivity contribution in [3.8, 4) is 0 Å². The van der Waals surface area contributed by atoms with Crippen molar-refractivity contribution in [2.45, 2.75) is 45.3 Å². The molecule has 21 heavy (non-hydrogen) atoms. The van der Waals surface area contributed by atoms with E-state index < -0.39 is 5.60 Å². The van der Waals surface area contributed by atoms with E-state index in [2.05, 4.69) is 22.4 Å². The lowest BCUT2D eigenvalue weighted by molar-refractivity contribution is 0.0112. The first-order chi connectivity index (χ1) is 9.83. The summed E-state index contributed by atoms with van der Waals surface area (Å²) in [5.41, 5.74) is 3.16. The molecule has 0 radical (unpaired) electrons. The van der Waals surface area contributed by atoms with Crippen LogP contribution < -0.4 is 5.43 Å². The Balaban J connectivity index is 1.79. The van der Waals surface area contributed by atoms with Gasteiger partial charge >= 0.3 is 6.09 Å². The van der Waals surface area contributed by atoms with Crippen LogP contribution in [0, 0.1) is 0 Å². The van der Waals surface area contributed by atoms with Crippen LogP contribution in [0.2, 0.25) is 0 Å². The van der Waals surface area contributed by atoms with Crippen molar-refractivity contribution in [1.82, 2.24) is 20.2 Å². The largest absolute Gasteiger partial charge is 0.444 e. The predicted molar refractivity (Wildman–Crippen MR) is 83.0 cm³/mol. The van der Waals surface area contributed by atoms with Gasteiger partial charge in [0.1, 0.15) is 5.60 Å². The average Bonchev–Trinajstić information content (AvgIpc) is 2.40. The molecule has 2 aliphatic rings. The van der Waals surface area contributed by atoms with E-state index in [0.717, 1.165) is 52.1 Å². The van der Waals surface area contributed by atoms with E-state index in [1.165, 1.54) is 0 Å². The van der Waals surface area contributed by atoms with Crippen LogP contribution in [0.5, 0.6) is 0 Å². The zero-order valence-corrected chi connectivity index (χ0v) is 13.9. The minimum atomic E-state index is -0.422. The van der Waals surface area contributed by atoms with Crippen LogP contribution in [0.25, 0.3) is 0 Å². The molecule has 0 aromatic rings. The van der Waals surface area contributed by atoms with Crippen LogP contribution >= 0.6 is 0 Å². The Bertz CT molecular complexity index is 348. The van der Waals surface area contributed by atoms with Gasteiger partial charge in [0, 0.05) is 45.3 Å². The van der Waals surface area contributed by atoms with Gasteiger partial charge in [-0.2, -0.15) is 0 Å². The third-order valence-electron chi connectivity index (χ3n) is 3.94. The van der Waals surface area contributed by atoms with Crippen LogP contribution in [0.3, 0.4) is 0 Å². The van der Waals surface area contributed by atoms with E-state index in [0.29, 0.717) is 6.04 Å². The highest BCUT2D eigenvalue weighted by Crippen LogP contribution is 2.15. The third kappa shape index (κ3) is 5.45. The molecule has 0 spiro atoms. The zero-order valence-electron chi connectivity index (χ0n) is 13.9.